The van der Waals surface area contributed by atoms with Crippen LogP contribution in [0.1, 0.15) is 46.5 Å². The Labute approximate surface area is 179 Å². The largest absolute Gasteiger partial charge is 0.379 e. The molecule has 2 heterocycles. The second kappa shape index (κ2) is 12.6. The van der Waals surface area contributed by atoms with Crippen molar-refractivity contribution in [1.82, 2.24) is 14.7 Å². The molecule has 2 aliphatic heterocycles. The summed E-state index contributed by atoms with van der Waals surface area (Å²) >= 11 is 1.98. The molecule has 0 radical (unpaired) electrons. The molecule has 2 atom stereocenters. The first kappa shape index (κ1) is 23.3. The van der Waals surface area contributed by atoms with Gasteiger partial charge in [0, 0.05) is 58.8 Å². The number of ether oxygens (including phenoxy) is 1. The van der Waals surface area contributed by atoms with Crippen LogP contribution in [-0.2, 0) is 12.6 Å². The summed E-state index contributed by atoms with van der Waals surface area (Å²) in [7, 11) is 0. The fourth-order valence-electron chi connectivity index (χ4n) is 4.40. The zero-order valence-electron chi connectivity index (χ0n) is 17.4. The van der Waals surface area contributed by atoms with Gasteiger partial charge >= 0.3 is 0 Å². The van der Waals surface area contributed by atoms with Crippen molar-refractivity contribution in [2.75, 3.05) is 59.0 Å². The molecule has 0 spiro atoms. The van der Waals surface area contributed by atoms with E-state index in [0.29, 0.717) is 18.1 Å². The van der Waals surface area contributed by atoms with E-state index >= 15 is 0 Å². The molecule has 1 amide bonds. The average Bonchev–Trinajstić information content (AvgIpc) is 2.65. The number of hydrogen-bond acceptors (Lipinski definition) is 5. The van der Waals surface area contributed by atoms with E-state index in [1.165, 1.54) is 19.4 Å². The lowest BCUT2D eigenvalue weighted by molar-refractivity contribution is -0.133. The zero-order chi connectivity index (χ0) is 19.6. The van der Waals surface area contributed by atoms with Crippen molar-refractivity contribution in [2.45, 2.75) is 58.6 Å². The highest BCUT2D eigenvalue weighted by Gasteiger charge is 2.35. The van der Waals surface area contributed by atoms with Gasteiger partial charge in [-0.25, -0.2) is 0 Å². The van der Waals surface area contributed by atoms with Gasteiger partial charge in [-0.05, 0) is 52.0 Å². The smallest absolute Gasteiger partial charge is 0.219 e. The average molecular weight is 495 g/mol. The lowest BCUT2D eigenvalue weighted by atomic mass is 9.87. The van der Waals surface area contributed by atoms with Gasteiger partial charge in [-0.2, -0.15) is 0 Å². The molecule has 27 heavy (non-hydrogen) atoms. The van der Waals surface area contributed by atoms with Gasteiger partial charge < -0.3 is 17.6 Å². The van der Waals surface area contributed by atoms with Crippen LogP contribution < -0.4 is 0 Å². The summed E-state index contributed by atoms with van der Waals surface area (Å²) in [6, 6.07) is 0.477. The first-order valence-electron chi connectivity index (χ1n) is 10.6. The number of rotatable bonds is 10. The zero-order valence-corrected chi connectivity index (χ0v) is 19.5. The van der Waals surface area contributed by atoms with Crippen molar-refractivity contribution in [2.24, 2.45) is 5.92 Å². The highest BCUT2D eigenvalue weighted by Crippen LogP contribution is 2.26. The number of hydrogen-bond donors (Lipinski definition) is 0. The minimum Gasteiger partial charge on any atom is -0.379 e. The highest BCUT2D eigenvalue weighted by molar-refractivity contribution is 14.1. The monoisotopic (exact) mass is 495 g/mol. The van der Waals surface area contributed by atoms with Gasteiger partial charge in [0.25, 0.3) is 0 Å². The van der Waals surface area contributed by atoms with E-state index in [1.54, 1.807) is 6.92 Å². The van der Waals surface area contributed by atoms with Crippen molar-refractivity contribution in [1.29, 1.82) is 0 Å². The first-order chi connectivity index (χ1) is 13.0. The van der Waals surface area contributed by atoms with E-state index in [4.69, 9.17) is 7.80 Å². The van der Waals surface area contributed by atoms with Gasteiger partial charge in [-0.15, -0.1) is 0 Å². The maximum atomic E-state index is 12.0. The summed E-state index contributed by atoms with van der Waals surface area (Å²) < 4.78 is 10.9. The molecule has 0 aromatic carbocycles. The van der Waals surface area contributed by atoms with Crippen LogP contribution in [-0.4, -0.2) is 91.8 Å². The Morgan fingerprint density at radius 1 is 1.11 bits per heavy atom. The van der Waals surface area contributed by atoms with Crippen LogP contribution in [0.4, 0.5) is 0 Å². The molecule has 158 valence electrons. The first-order valence-corrected chi connectivity index (χ1v) is 11.5. The van der Waals surface area contributed by atoms with Crippen molar-refractivity contribution >= 4 is 28.9 Å². The van der Waals surface area contributed by atoms with Gasteiger partial charge in [-0.1, -0.05) is 0 Å². The summed E-state index contributed by atoms with van der Waals surface area (Å²) in [6.45, 7) is 14.8. The van der Waals surface area contributed by atoms with Crippen LogP contribution >= 0.6 is 23.0 Å². The van der Waals surface area contributed by atoms with Crippen molar-refractivity contribution in [3.63, 3.8) is 0 Å². The second-order valence-electron chi connectivity index (χ2n) is 8.21. The maximum absolute atomic E-state index is 12.0. The van der Waals surface area contributed by atoms with Crippen LogP contribution in [0.15, 0.2) is 0 Å². The van der Waals surface area contributed by atoms with Crippen LogP contribution in [0.25, 0.3) is 0 Å². The van der Waals surface area contributed by atoms with E-state index in [9.17, 15) is 4.79 Å². The van der Waals surface area contributed by atoms with E-state index in [2.05, 4.69) is 28.5 Å². The Bertz CT molecular complexity index is 439. The number of carbonyl (C=O) groups is 1. The molecule has 2 fully saturated rings. The molecule has 0 saturated carbocycles. The van der Waals surface area contributed by atoms with E-state index in [0.717, 1.165) is 65.3 Å². The minimum atomic E-state index is 0.217. The fourth-order valence-corrected chi connectivity index (χ4v) is 4.71. The lowest BCUT2D eigenvalue weighted by Crippen LogP contribution is -2.59. The number of carbonyl (C=O) groups excluding carboxylic acids is 1. The predicted molar refractivity (Wildman–Crippen MR) is 117 cm³/mol. The Balaban J connectivity index is 1.92. The number of piperidine rings is 1. The van der Waals surface area contributed by atoms with Crippen molar-refractivity contribution in [3.8, 4) is 0 Å². The normalized spacial score (nSPS) is 25.3. The van der Waals surface area contributed by atoms with E-state index < -0.39 is 0 Å². The van der Waals surface area contributed by atoms with Gasteiger partial charge in [0.1, 0.15) is 23.0 Å². The molecule has 2 aliphatic rings. The van der Waals surface area contributed by atoms with Crippen LogP contribution in [0.3, 0.4) is 0 Å². The molecule has 2 saturated heterocycles. The summed E-state index contributed by atoms with van der Waals surface area (Å²) in [5.74, 6) is 0.863. The third-order valence-corrected chi connectivity index (χ3v) is 6.24. The standard InChI is InChI=1S/C20H38IN3O3/c1-17(2)26-13-6-10-23-11-12-24(18(3)25)16-20(23)19-7-4-8-22(15-19)9-5-14-27-21/h17,19-20H,4-16H2,1-3H3. The van der Waals surface area contributed by atoms with Gasteiger partial charge in [-0.3, -0.25) is 9.69 Å². The molecule has 0 N–H and O–H groups in total. The second-order valence-corrected chi connectivity index (χ2v) is 8.83. The minimum absolute atomic E-state index is 0.217. The van der Waals surface area contributed by atoms with Gasteiger partial charge in [0.15, 0.2) is 0 Å². The number of likely N-dealkylation sites (tertiary alicyclic amines) is 1. The molecular weight excluding hydrogens is 457 g/mol. The molecule has 0 bridgehead atoms. The Morgan fingerprint density at radius 2 is 1.89 bits per heavy atom. The lowest BCUT2D eigenvalue weighted by Gasteiger charge is -2.47. The maximum Gasteiger partial charge on any atom is 0.219 e. The molecule has 2 rings (SSSR count). The molecule has 0 aromatic heterocycles. The van der Waals surface area contributed by atoms with E-state index in [-0.39, 0.29) is 5.91 Å². The third kappa shape index (κ3) is 8.12. The highest BCUT2D eigenvalue weighted by atomic mass is 127. The number of halogens is 1. The molecule has 6 nitrogen and oxygen atoms in total. The van der Waals surface area contributed by atoms with Gasteiger partial charge in [0.2, 0.25) is 5.91 Å². The molecule has 2 unspecified atom stereocenters. The molecule has 0 aliphatic carbocycles. The number of nitrogens with zero attached hydrogens (tertiary/aromatic N) is 3. The summed E-state index contributed by atoms with van der Waals surface area (Å²) in [5.41, 5.74) is 0. The molecule has 0 aromatic rings. The SMILES string of the molecule is CC(=O)N1CCN(CCCOC(C)C)C(C2CCCN(CCCOI)C2)C1. The molecular formula is C20H38IN3O3. The van der Waals surface area contributed by atoms with E-state index in [1.807, 2.05) is 23.0 Å². The quantitative estimate of drug-likeness (QED) is 0.345. The van der Waals surface area contributed by atoms with Crippen LogP contribution in [0.5, 0.6) is 0 Å². The van der Waals surface area contributed by atoms with Crippen molar-refractivity contribution in [3.05, 3.63) is 0 Å². The molecule has 7 heteroatoms. The summed E-state index contributed by atoms with van der Waals surface area (Å²) in [6.07, 6.45) is 4.99. The summed E-state index contributed by atoms with van der Waals surface area (Å²) in [4.78, 5) is 19.2. The Morgan fingerprint density at radius 3 is 2.59 bits per heavy atom. The number of piperazine rings is 1. The van der Waals surface area contributed by atoms with Crippen molar-refractivity contribution < 1.29 is 12.6 Å². The fraction of sp³-hybridized carbons (Fsp3) is 0.950. The van der Waals surface area contributed by atoms with Crippen LogP contribution in [0.2, 0.25) is 0 Å². The number of amides is 1. The predicted octanol–water partition coefficient (Wildman–Crippen LogP) is 2.80. The van der Waals surface area contributed by atoms with Gasteiger partial charge in [0.05, 0.1) is 12.7 Å². The third-order valence-electron chi connectivity index (χ3n) is 5.80. The van der Waals surface area contributed by atoms with Crippen LogP contribution in [0, 0.1) is 5.92 Å². The summed E-state index contributed by atoms with van der Waals surface area (Å²) in [5, 5.41) is 0. The Hall–Kier alpha value is 0.0400. The topological polar surface area (TPSA) is 45.2 Å². The Kier molecular flexibility index (Phi) is 10.9.